The lowest BCUT2D eigenvalue weighted by atomic mass is 10.1. The van der Waals surface area contributed by atoms with Gasteiger partial charge >= 0.3 is 12.4 Å². The van der Waals surface area contributed by atoms with Gasteiger partial charge < -0.3 is 5.73 Å². The number of carbonyl (C=O) groups is 1. The Morgan fingerprint density at radius 1 is 0.941 bits per heavy atom. The van der Waals surface area contributed by atoms with Gasteiger partial charge in [0.05, 0.1) is 17.7 Å². The molecule has 0 saturated heterocycles. The Balaban J connectivity index is 1.87. The lowest BCUT2D eigenvalue weighted by Gasteiger charge is -2.23. The lowest BCUT2D eigenvalue weighted by molar-refractivity contribution is -0.138. The molecule has 1 aromatic heterocycles. The molecule has 0 atom stereocenters. The van der Waals surface area contributed by atoms with Crippen LogP contribution in [0.15, 0.2) is 71.7 Å². The highest BCUT2D eigenvalue weighted by atomic mass is 19.4. The fourth-order valence-corrected chi connectivity index (χ4v) is 2.89. The van der Waals surface area contributed by atoms with Crippen molar-refractivity contribution in [1.29, 1.82) is 0 Å². The summed E-state index contributed by atoms with van der Waals surface area (Å²) in [6.07, 6.45) is -8.26. The number of rotatable bonds is 6. The van der Waals surface area contributed by atoms with Gasteiger partial charge in [0, 0.05) is 5.56 Å². The highest BCUT2D eigenvalue weighted by Crippen LogP contribution is 2.32. The van der Waals surface area contributed by atoms with Gasteiger partial charge in [-0.25, -0.2) is 4.98 Å². The quantitative estimate of drug-likeness (QED) is 0.213. The van der Waals surface area contributed by atoms with Crippen LogP contribution in [0, 0.1) is 0 Å². The van der Waals surface area contributed by atoms with Gasteiger partial charge in [-0.2, -0.15) is 31.3 Å². The molecule has 3 rings (SSSR count). The van der Waals surface area contributed by atoms with E-state index in [2.05, 4.69) is 15.4 Å². The molecule has 0 bridgehead atoms. The van der Waals surface area contributed by atoms with E-state index >= 15 is 0 Å². The molecule has 3 N–H and O–H groups in total. The molecule has 0 unspecified atom stereocenters. The van der Waals surface area contributed by atoms with Crippen LogP contribution in [0.25, 0.3) is 0 Å². The molecule has 0 radical (unpaired) electrons. The molecule has 3 aromatic rings. The molecule has 34 heavy (non-hydrogen) atoms. The number of pyridine rings is 1. The van der Waals surface area contributed by atoms with Crippen LogP contribution in [0.2, 0.25) is 0 Å². The number of nitrogens with zero attached hydrogens (tertiary/aromatic N) is 3. The molecular weight excluding hydrogens is 464 g/mol. The number of hydrogen-bond donors (Lipinski definition) is 2. The van der Waals surface area contributed by atoms with E-state index in [1.54, 1.807) is 6.07 Å². The zero-order valence-corrected chi connectivity index (χ0v) is 17.2. The number of nitrogens with two attached hydrogens (primary N) is 1. The number of nitrogen functional groups attached to an aromatic ring is 1. The first-order valence-corrected chi connectivity index (χ1v) is 9.60. The molecule has 2 aromatic carbocycles. The maximum Gasteiger partial charge on any atom is 0.416 e. The van der Waals surface area contributed by atoms with Gasteiger partial charge in [-0.3, -0.25) is 15.2 Å². The summed E-state index contributed by atoms with van der Waals surface area (Å²) in [7, 11) is 0. The van der Waals surface area contributed by atoms with Gasteiger partial charge in [0.25, 0.3) is 5.91 Å². The summed E-state index contributed by atoms with van der Waals surface area (Å²) in [5.41, 5.74) is 6.25. The summed E-state index contributed by atoms with van der Waals surface area (Å²) in [5.74, 6) is -0.596. The summed E-state index contributed by atoms with van der Waals surface area (Å²) in [6, 6.07) is 12.8. The molecule has 0 saturated carbocycles. The standard InChI is InChI=1S/C22H17F6N5O/c23-21(24,25)16-10-8-14(9-11-16)20(34)30-13-33(32-19-7-3-6-18(29)31-19)12-15-4-1-2-5-17(15)22(26,27)28/h1-11,13H,12H2,(H3,29,31,32)/b30-13-. The first-order chi connectivity index (χ1) is 15.9. The predicted molar refractivity (Wildman–Crippen MR) is 114 cm³/mol. The number of benzene rings is 2. The average Bonchev–Trinajstić information content (AvgIpc) is 2.76. The second kappa shape index (κ2) is 9.81. The minimum absolute atomic E-state index is 0.125. The molecule has 12 heteroatoms. The molecule has 0 aliphatic carbocycles. The van der Waals surface area contributed by atoms with Gasteiger partial charge in [0.2, 0.25) is 0 Å². The molecular formula is C22H17F6N5O. The van der Waals surface area contributed by atoms with Crippen LogP contribution in [0.3, 0.4) is 0 Å². The normalized spacial score (nSPS) is 12.1. The minimum Gasteiger partial charge on any atom is -0.384 e. The van der Waals surface area contributed by atoms with Crippen LogP contribution in [-0.4, -0.2) is 22.2 Å². The lowest BCUT2D eigenvalue weighted by Crippen LogP contribution is -2.30. The van der Waals surface area contributed by atoms with E-state index in [1.807, 2.05) is 0 Å². The van der Waals surface area contributed by atoms with E-state index in [1.165, 1.54) is 30.3 Å². The SMILES string of the molecule is Nc1cccc(NN(/C=N\C(=O)c2ccc(C(F)(F)F)cc2)Cc2ccccc2C(F)(F)F)n1. The molecule has 0 spiro atoms. The summed E-state index contributed by atoms with van der Waals surface area (Å²) < 4.78 is 78.3. The third-order valence-electron chi connectivity index (χ3n) is 4.47. The van der Waals surface area contributed by atoms with E-state index in [4.69, 9.17) is 5.73 Å². The largest absolute Gasteiger partial charge is 0.416 e. The maximum atomic E-state index is 13.4. The number of anilines is 2. The number of halogens is 6. The van der Waals surface area contributed by atoms with Crippen molar-refractivity contribution in [3.8, 4) is 0 Å². The zero-order valence-electron chi connectivity index (χ0n) is 17.2. The Labute approximate surface area is 189 Å². The van der Waals surface area contributed by atoms with E-state index < -0.39 is 29.4 Å². The van der Waals surface area contributed by atoms with Crippen molar-refractivity contribution in [2.45, 2.75) is 18.9 Å². The number of alkyl halides is 6. The highest BCUT2D eigenvalue weighted by Gasteiger charge is 2.33. The first-order valence-electron chi connectivity index (χ1n) is 9.60. The van der Waals surface area contributed by atoms with Crippen molar-refractivity contribution in [1.82, 2.24) is 9.99 Å². The Hall–Kier alpha value is -4.09. The van der Waals surface area contributed by atoms with E-state index in [9.17, 15) is 31.1 Å². The average molecular weight is 481 g/mol. The van der Waals surface area contributed by atoms with E-state index in [0.717, 1.165) is 41.7 Å². The van der Waals surface area contributed by atoms with Crippen LogP contribution in [-0.2, 0) is 18.9 Å². The smallest absolute Gasteiger partial charge is 0.384 e. The fraction of sp³-hybridized carbons (Fsp3) is 0.136. The zero-order chi connectivity index (χ0) is 24.9. The minimum atomic E-state index is -4.62. The molecule has 1 heterocycles. The second-order valence-electron chi connectivity index (χ2n) is 6.97. The first kappa shape index (κ1) is 24.6. The number of amides is 1. The fourth-order valence-electron chi connectivity index (χ4n) is 2.89. The van der Waals surface area contributed by atoms with Crippen LogP contribution >= 0.6 is 0 Å². The van der Waals surface area contributed by atoms with Crippen molar-refractivity contribution in [2.24, 2.45) is 4.99 Å². The van der Waals surface area contributed by atoms with Crippen molar-refractivity contribution in [3.05, 3.63) is 89.0 Å². The van der Waals surface area contributed by atoms with Gasteiger partial charge in [-0.15, -0.1) is 0 Å². The monoisotopic (exact) mass is 481 g/mol. The molecule has 0 aliphatic rings. The molecule has 0 fully saturated rings. The number of aromatic nitrogens is 1. The molecule has 1 amide bonds. The number of nitrogens with one attached hydrogen (secondary N) is 1. The Bertz CT molecular complexity index is 1180. The van der Waals surface area contributed by atoms with Crippen molar-refractivity contribution >= 4 is 23.9 Å². The summed E-state index contributed by atoms with van der Waals surface area (Å²) in [6.45, 7) is -0.379. The van der Waals surface area contributed by atoms with Gasteiger partial charge in [-0.1, -0.05) is 24.3 Å². The summed E-state index contributed by atoms with van der Waals surface area (Å²) in [5, 5.41) is 1.08. The van der Waals surface area contributed by atoms with Crippen LogP contribution in [0.5, 0.6) is 0 Å². The van der Waals surface area contributed by atoms with Crippen molar-refractivity contribution < 1.29 is 31.1 Å². The summed E-state index contributed by atoms with van der Waals surface area (Å²) in [4.78, 5) is 20.0. The predicted octanol–water partition coefficient (Wildman–Crippen LogP) is 5.40. The van der Waals surface area contributed by atoms with E-state index in [-0.39, 0.29) is 29.3 Å². The topological polar surface area (TPSA) is 83.6 Å². The molecule has 6 nitrogen and oxygen atoms in total. The third kappa shape index (κ3) is 6.47. The Morgan fingerprint density at radius 3 is 2.24 bits per heavy atom. The van der Waals surface area contributed by atoms with E-state index in [0.29, 0.717) is 0 Å². The Morgan fingerprint density at radius 2 is 1.62 bits per heavy atom. The summed E-state index contributed by atoms with van der Waals surface area (Å²) >= 11 is 0. The number of hydrogen-bond acceptors (Lipinski definition) is 4. The maximum absolute atomic E-state index is 13.4. The number of aliphatic imine (C=N–C) groups is 1. The van der Waals surface area contributed by atoms with Crippen molar-refractivity contribution in [2.75, 3.05) is 11.2 Å². The third-order valence-corrected chi connectivity index (χ3v) is 4.47. The van der Waals surface area contributed by atoms with Crippen LogP contribution < -0.4 is 11.2 Å². The van der Waals surface area contributed by atoms with Gasteiger partial charge in [-0.05, 0) is 48.0 Å². The number of carbonyl (C=O) groups excluding carboxylic acids is 1. The van der Waals surface area contributed by atoms with Crippen molar-refractivity contribution in [3.63, 3.8) is 0 Å². The van der Waals surface area contributed by atoms with Gasteiger partial charge in [0.15, 0.2) is 0 Å². The molecule has 0 aliphatic heterocycles. The van der Waals surface area contributed by atoms with Crippen LogP contribution in [0.4, 0.5) is 38.0 Å². The van der Waals surface area contributed by atoms with Gasteiger partial charge in [0.1, 0.15) is 18.0 Å². The highest BCUT2D eigenvalue weighted by molar-refractivity contribution is 5.98. The number of hydrazine groups is 1. The van der Waals surface area contributed by atoms with Crippen LogP contribution in [0.1, 0.15) is 27.0 Å². The second-order valence-corrected chi connectivity index (χ2v) is 6.97. The molecule has 178 valence electrons. The Kier molecular flexibility index (Phi) is 7.08.